The zero-order chi connectivity index (χ0) is 14.6. The lowest BCUT2D eigenvalue weighted by Crippen LogP contribution is -2.16. The van der Waals surface area contributed by atoms with Crippen molar-refractivity contribution in [3.05, 3.63) is 35.4 Å². The van der Waals surface area contributed by atoms with Gasteiger partial charge >= 0.3 is 5.97 Å². The predicted molar refractivity (Wildman–Crippen MR) is 75.4 cm³/mol. The van der Waals surface area contributed by atoms with Crippen LogP contribution in [-0.2, 0) is 9.59 Å². The summed E-state index contributed by atoms with van der Waals surface area (Å²) in [6.45, 7) is 2.90. The van der Waals surface area contributed by atoms with Crippen LogP contribution in [0.25, 0.3) is 0 Å². The summed E-state index contributed by atoms with van der Waals surface area (Å²) in [4.78, 5) is 24.6. The lowest BCUT2D eigenvalue weighted by Gasteiger charge is -2.13. The van der Waals surface area contributed by atoms with E-state index in [1.165, 1.54) is 13.8 Å². The number of carboxylic acids is 1. The van der Waals surface area contributed by atoms with E-state index in [0.29, 0.717) is 5.69 Å². The van der Waals surface area contributed by atoms with Crippen molar-refractivity contribution < 1.29 is 14.7 Å². The number of benzene rings is 1. The Labute approximate surface area is 112 Å². The molecule has 0 radical (unpaired) electrons. The molecular formula is C14H18N2O3. The molecule has 0 saturated carbocycles. The second kappa shape index (κ2) is 6.04. The van der Waals surface area contributed by atoms with Gasteiger partial charge in [-0.2, -0.15) is 0 Å². The van der Waals surface area contributed by atoms with E-state index in [-0.39, 0.29) is 11.1 Å². The van der Waals surface area contributed by atoms with E-state index in [0.717, 1.165) is 5.69 Å². The molecule has 0 heterocycles. The summed E-state index contributed by atoms with van der Waals surface area (Å²) < 4.78 is 0. The average molecular weight is 262 g/mol. The molecule has 1 amide bonds. The number of hydrogen-bond acceptors (Lipinski definition) is 3. The van der Waals surface area contributed by atoms with E-state index < -0.39 is 11.9 Å². The molecule has 5 heteroatoms. The average Bonchev–Trinajstić information content (AvgIpc) is 2.37. The first kappa shape index (κ1) is 14.8. The van der Waals surface area contributed by atoms with Crippen molar-refractivity contribution in [3.63, 3.8) is 0 Å². The Morgan fingerprint density at radius 1 is 1.05 bits per heavy atom. The number of anilines is 2. The van der Waals surface area contributed by atoms with Crippen LogP contribution in [0.3, 0.4) is 0 Å². The molecule has 5 nitrogen and oxygen atoms in total. The number of rotatable bonds is 4. The summed E-state index contributed by atoms with van der Waals surface area (Å²) in [5.74, 6) is -1.49. The number of aliphatic carboxylic acids is 1. The summed E-state index contributed by atoms with van der Waals surface area (Å²) in [5, 5.41) is 11.5. The minimum atomic E-state index is -1.09. The summed E-state index contributed by atoms with van der Waals surface area (Å²) >= 11 is 0. The van der Waals surface area contributed by atoms with Crippen LogP contribution in [0.2, 0.25) is 0 Å². The van der Waals surface area contributed by atoms with E-state index in [4.69, 9.17) is 5.11 Å². The molecule has 0 fully saturated rings. The van der Waals surface area contributed by atoms with E-state index in [9.17, 15) is 9.59 Å². The molecule has 0 aliphatic heterocycles. The first-order valence-corrected chi connectivity index (χ1v) is 5.82. The Bertz CT molecular complexity index is 516. The molecule has 1 rings (SSSR count). The van der Waals surface area contributed by atoms with E-state index in [2.05, 4.69) is 5.32 Å². The minimum Gasteiger partial charge on any atom is -0.478 e. The Hall–Kier alpha value is -2.30. The molecule has 0 atom stereocenters. The number of carbonyl (C=O) groups excluding carboxylic acids is 1. The molecule has 0 aliphatic rings. The van der Waals surface area contributed by atoms with E-state index in [1.54, 1.807) is 12.1 Å². The van der Waals surface area contributed by atoms with Crippen molar-refractivity contribution >= 4 is 23.3 Å². The third-order valence-electron chi connectivity index (χ3n) is 2.87. The van der Waals surface area contributed by atoms with Gasteiger partial charge in [-0.05, 0) is 38.1 Å². The SMILES string of the molecule is CC(C(=O)O)=C(C)C(=O)Nc1ccc(N(C)C)cc1. The molecule has 0 saturated heterocycles. The molecule has 0 aliphatic carbocycles. The summed E-state index contributed by atoms with van der Waals surface area (Å²) in [6, 6.07) is 7.30. The van der Waals surface area contributed by atoms with Gasteiger partial charge in [0.2, 0.25) is 0 Å². The van der Waals surface area contributed by atoms with Gasteiger partial charge in [-0.15, -0.1) is 0 Å². The Morgan fingerprint density at radius 2 is 1.58 bits per heavy atom. The van der Waals surface area contributed by atoms with Crippen molar-refractivity contribution in [2.75, 3.05) is 24.3 Å². The molecule has 102 valence electrons. The lowest BCUT2D eigenvalue weighted by atomic mass is 10.1. The molecule has 0 bridgehead atoms. The van der Waals surface area contributed by atoms with Gasteiger partial charge in [0.15, 0.2) is 0 Å². The Kier molecular flexibility index (Phi) is 4.69. The molecule has 19 heavy (non-hydrogen) atoms. The lowest BCUT2D eigenvalue weighted by molar-refractivity contribution is -0.133. The van der Waals surface area contributed by atoms with Crippen LogP contribution >= 0.6 is 0 Å². The van der Waals surface area contributed by atoms with Gasteiger partial charge in [0, 0.05) is 36.6 Å². The third kappa shape index (κ3) is 3.84. The number of carbonyl (C=O) groups is 2. The largest absolute Gasteiger partial charge is 0.478 e. The molecule has 1 aromatic carbocycles. The zero-order valence-electron chi connectivity index (χ0n) is 11.5. The Morgan fingerprint density at radius 3 is 2.00 bits per heavy atom. The molecule has 0 spiro atoms. The van der Waals surface area contributed by atoms with Gasteiger partial charge in [0.05, 0.1) is 0 Å². The quantitative estimate of drug-likeness (QED) is 0.815. The van der Waals surface area contributed by atoms with Crippen LogP contribution < -0.4 is 10.2 Å². The molecule has 2 N–H and O–H groups in total. The summed E-state index contributed by atoms with van der Waals surface area (Å²) in [6.07, 6.45) is 0. The highest BCUT2D eigenvalue weighted by molar-refractivity contribution is 6.08. The number of hydrogen-bond donors (Lipinski definition) is 2. The highest BCUT2D eigenvalue weighted by Crippen LogP contribution is 2.16. The van der Waals surface area contributed by atoms with Crippen molar-refractivity contribution in [2.24, 2.45) is 0 Å². The maximum absolute atomic E-state index is 11.8. The van der Waals surface area contributed by atoms with Crippen molar-refractivity contribution in [3.8, 4) is 0 Å². The maximum atomic E-state index is 11.8. The van der Waals surface area contributed by atoms with Crippen LogP contribution in [0.15, 0.2) is 35.4 Å². The fourth-order valence-electron chi connectivity index (χ4n) is 1.40. The van der Waals surface area contributed by atoms with Crippen LogP contribution in [0.4, 0.5) is 11.4 Å². The topological polar surface area (TPSA) is 69.6 Å². The maximum Gasteiger partial charge on any atom is 0.331 e. The third-order valence-corrected chi connectivity index (χ3v) is 2.87. The van der Waals surface area contributed by atoms with Gasteiger partial charge in [-0.1, -0.05) is 0 Å². The second-order valence-electron chi connectivity index (χ2n) is 4.45. The van der Waals surface area contributed by atoms with Crippen molar-refractivity contribution in [1.29, 1.82) is 0 Å². The molecule has 1 aromatic rings. The van der Waals surface area contributed by atoms with Crippen LogP contribution in [0, 0.1) is 0 Å². The van der Waals surface area contributed by atoms with Gasteiger partial charge in [-0.3, -0.25) is 4.79 Å². The second-order valence-corrected chi connectivity index (χ2v) is 4.45. The Balaban J connectivity index is 2.83. The summed E-state index contributed by atoms with van der Waals surface area (Å²) in [7, 11) is 3.85. The van der Waals surface area contributed by atoms with Gasteiger partial charge in [0.25, 0.3) is 5.91 Å². The first-order valence-electron chi connectivity index (χ1n) is 5.82. The normalized spacial score (nSPS) is 11.6. The van der Waals surface area contributed by atoms with Crippen molar-refractivity contribution in [2.45, 2.75) is 13.8 Å². The van der Waals surface area contributed by atoms with Gasteiger partial charge in [-0.25, -0.2) is 4.79 Å². The van der Waals surface area contributed by atoms with E-state index in [1.807, 2.05) is 31.1 Å². The molecule has 0 aromatic heterocycles. The van der Waals surface area contributed by atoms with Crippen LogP contribution in [0.5, 0.6) is 0 Å². The smallest absolute Gasteiger partial charge is 0.331 e. The number of nitrogens with zero attached hydrogens (tertiary/aromatic N) is 1. The first-order chi connectivity index (χ1) is 8.82. The van der Waals surface area contributed by atoms with E-state index >= 15 is 0 Å². The number of nitrogens with one attached hydrogen (secondary N) is 1. The number of amides is 1. The fourth-order valence-corrected chi connectivity index (χ4v) is 1.40. The minimum absolute atomic E-state index is 0.0439. The van der Waals surface area contributed by atoms with Crippen LogP contribution in [0.1, 0.15) is 13.8 Å². The summed E-state index contributed by atoms with van der Waals surface area (Å²) in [5.41, 5.74) is 1.90. The zero-order valence-corrected chi connectivity index (χ0v) is 11.5. The van der Waals surface area contributed by atoms with Gasteiger partial charge < -0.3 is 15.3 Å². The highest BCUT2D eigenvalue weighted by Gasteiger charge is 2.12. The van der Waals surface area contributed by atoms with Crippen molar-refractivity contribution in [1.82, 2.24) is 0 Å². The predicted octanol–water partition coefficient (Wildman–Crippen LogP) is 2.11. The molecular weight excluding hydrogens is 244 g/mol. The monoisotopic (exact) mass is 262 g/mol. The van der Waals surface area contributed by atoms with Crippen LogP contribution in [-0.4, -0.2) is 31.1 Å². The fraction of sp³-hybridized carbons (Fsp3) is 0.286. The van der Waals surface area contributed by atoms with Gasteiger partial charge in [0.1, 0.15) is 0 Å². The number of carboxylic acid groups (broad SMARTS) is 1. The molecule has 0 unspecified atom stereocenters. The highest BCUT2D eigenvalue weighted by atomic mass is 16.4. The standard InChI is InChI=1S/C14H18N2O3/c1-9(10(2)14(18)19)13(17)15-11-5-7-12(8-6-11)16(3)4/h5-8H,1-4H3,(H,15,17)(H,18,19).